The van der Waals surface area contributed by atoms with Crippen molar-refractivity contribution in [1.29, 1.82) is 0 Å². The fourth-order valence-corrected chi connectivity index (χ4v) is 4.90. The highest BCUT2D eigenvalue weighted by Gasteiger charge is 2.22. The van der Waals surface area contributed by atoms with Gasteiger partial charge in [-0.25, -0.2) is 0 Å². The molecule has 4 N–H and O–H groups in total. The molecule has 0 saturated carbocycles. The molecule has 0 aliphatic heterocycles. The standard InChI is InChI=1S/C26H39ClN2/c1-13(2)20-11-18(17(9)22(15(5)6)25(20)28)10-19-12-21(14(3)4)26(29)23(16(7)8)24(19)27/h11-16H,10,28-29H2,1-9H3. The second-order valence-corrected chi connectivity index (χ2v) is 10.0. The summed E-state index contributed by atoms with van der Waals surface area (Å²) in [6.07, 6.45) is 0.796. The topological polar surface area (TPSA) is 52.0 Å². The fraction of sp³-hybridized carbons (Fsp3) is 0.538. The molecule has 0 aliphatic carbocycles. The Hall–Kier alpha value is -1.67. The van der Waals surface area contributed by atoms with Crippen molar-refractivity contribution in [2.75, 3.05) is 11.5 Å². The number of hydrogen-bond acceptors (Lipinski definition) is 2. The second kappa shape index (κ2) is 9.00. The molecule has 29 heavy (non-hydrogen) atoms. The summed E-state index contributed by atoms with van der Waals surface area (Å²) in [5.74, 6) is 1.40. The molecular formula is C26H39ClN2. The first-order valence-electron chi connectivity index (χ1n) is 10.9. The van der Waals surface area contributed by atoms with E-state index in [1.54, 1.807) is 0 Å². The Morgan fingerprint density at radius 2 is 1.10 bits per heavy atom. The van der Waals surface area contributed by atoms with E-state index in [0.717, 1.165) is 33.9 Å². The van der Waals surface area contributed by atoms with E-state index < -0.39 is 0 Å². The predicted molar refractivity (Wildman–Crippen MR) is 131 cm³/mol. The summed E-state index contributed by atoms with van der Waals surface area (Å²) in [7, 11) is 0. The first-order valence-corrected chi connectivity index (χ1v) is 11.3. The van der Waals surface area contributed by atoms with Gasteiger partial charge in [-0.2, -0.15) is 0 Å². The van der Waals surface area contributed by atoms with E-state index in [-0.39, 0.29) is 5.92 Å². The van der Waals surface area contributed by atoms with Crippen molar-refractivity contribution in [2.45, 2.75) is 92.4 Å². The average Bonchev–Trinajstić information content (AvgIpc) is 2.58. The van der Waals surface area contributed by atoms with Crippen LogP contribution in [0.3, 0.4) is 0 Å². The Kier molecular flexibility index (Phi) is 7.32. The zero-order valence-corrected chi connectivity index (χ0v) is 20.5. The van der Waals surface area contributed by atoms with Crippen LogP contribution in [-0.2, 0) is 6.42 Å². The Labute approximate surface area is 183 Å². The van der Waals surface area contributed by atoms with Gasteiger partial charge < -0.3 is 11.5 Å². The van der Waals surface area contributed by atoms with E-state index in [2.05, 4.69) is 74.4 Å². The van der Waals surface area contributed by atoms with Crippen molar-refractivity contribution < 1.29 is 0 Å². The zero-order valence-electron chi connectivity index (χ0n) is 19.7. The van der Waals surface area contributed by atoms with Crippen molar-refractivity contribution in [3.05, 3.63) is 56.1 Å². The number of rotatable bonds is 6. The number of nitrogen functional groups attached to an aromatic ring is 2. The minimum absolute atomic E-state index is 0.282. The highest BCUT2D eigenvalue weighted by molar-refractivity contribution is 6.32. The molecule has 0 fully saturated rings. The van der Waals surface area contributed by atoms with Gasteiger partial charge in [-0.3, -0.25) is 0 Å². The molecule has 0 radical (unpaired) electrons. The Morgan fingerprint density at radius 3 is 1.52 bits per heavy atom. The van der Waals surface area contributed by atoms with Crippen LogP contribution in [-0.4, -0.2) is 0 Å². The van der Waals surface area contributed by atoms with Crippen LogP contribution < -0.4 is 11.5 Å². The number of benzene rings is 2. The average molecular weight is 415 g/mol. The maximum atomic E-state index is 6.92. The predicted octanol–water partition coefficient (Wildman–Crippen LogP) is 7.90. The molecule has 0 spiro atoms. The molecule has 0 heterocycles. The largest absolute Gasteiger partial charge is 0.398 e. The lowest BCUT2D eigenvalue weighted by atomic mass is 9.83. The van der Waals surface area contributed by atoms with Crippen LogP contribution in [0, 0.1) is 6.92 Å². The summed E-state index contributed by atoms with van der Waals surface area (Å²) >= 11 is 6.92. The lowest BCUT2D eigenvalue weighted by Crippen LogP contribution is -2.10. The van der Waals surface area contributed by atoms with Crippen molar-refractivity contribution in [3.63, 3.8) is 0 Å². The molecule has 0 aromatic heterocycles. The maximum Gasteiger partial charge on any atom is 0.0496 e. The van der Waals surface area contributed by atoms with Gasteiger partial charge in [0.1, 0.15) is 0 Å². The van der Waals surface area contributed by atoms with E-state index in [4.69, 9.17) is 23.1 Å². The van der Waals surface area contributed by atoms with E-state index in [1.165, 1.54) is 27.8 Å². The minimum Gasteiger partial charge on any atom is -0.398 e. The molecule has 0 unspecified atom stereocenters. The van der Waals surface area contributed by atoms with Crippen LogP contribution in [0.25, 0.3) is 0 Å². The quantitative estimate of drug-likeness (QED) is 0.472. The molecule has 2 aromatic carbocycles. The van der Waals surface area contributed by atoms with Gasteiger partial charge >= 0.3 is 0 Å². The van der Waals surface area contributed by atoms with Gasteiger partial charge in [-0.15, -0.1) is 0 Å². The molecule has 2 rings (SSSR count). The third-order valence-electron chi connectivity index (χ3n) is 6.05. The van der Waals surface area contributed by atoms with Crippen molar-refractivity contribution in [3.8, 4) is 0 Å². The number of halogens is 1. The molecule has 0 aliphatic rings. The van der Waals surface area contributed by atoms with E-state index in [0.29, 0.717) is 17.8 Å². The summed E-state index contributed by atoms with van der Waals surface area (Å²) in [5.41, 5.74) is 23.4. The van der Waals surface area contributed by atoms with Crippen LogP contribution in [0.4, 0.5) is 11.4 Å². The molecule has 2 aromatic rings. The maximum absolute atomic E-state index is 6.92. The zero-order chi connectivity index (χ0) is 22.2. The van der Waals surface area contributed by atoms with E-state index >= 15 is 0 Å². The Bertz CT molecular complexity index is 819. The molecule has 0 atom stereocenters. The lowest BCUT2D eigenvalue weighted by Gasteiger charge is -2.24. The summed E-state index contributed by atoms with van der Waals surface area (Å²) in [6, 6.07) is 4.51. The lowest BCUT2D eigenvalue weighted by molar-refractivity contribution is 0.823. The van der Waals surface area contributed by atoms with E-state index in [1.807, 2.05) is 0 Å². The van der Waals surface area contributed by atoms with Gasteiger partial charge in [0.2, 0.25) is 0 Å². The number of nitrogens with two attached hydrogens (primary N) is 2. The summed E-state index contributed by atoms with van der Waals surface area (Å²) in [6.45, 7) is 19.8. The molecule has 0 amide bonds. The Balaban J connectivity index is 2.74. The molecule has 3 heteroatoms. The SMILES string of the molecule is Cc1c(Cc2cc(C(C)C)c(N)c(C(C)C)c2Cl)cc(C(C)C)c(N)c1C(C)C. The van der Waals surface area contributed by atoms with Crippen LogP contribution in [0.15, 0.2) is 12.1 Å². The highest BCUT2D eigenvalue weighted by Crippen LogP contribution is 2.41. The number of anilines is 2. The van der Waals surface area contributed by atoms with Gasteiger partial charge in [0.15, 0.2) is 0 Å². The molecular weight excluding hydrogens is 376 g/mol. The molecule has 160 valence electrons. The third kappa shape index (κ3) is 4.58. The summed E-state index contributed by atoms with van der Waals surface area (Å²) in [5, 5.41) is 0.815. The van der Waals surface area contributed by atoms with Gasteiger partial charge in [0.25, 0.3) is 0 Å². The van der Waals surface area contributed by atoms with Gasteiger partial charge in [0.05, 0.1) is 0 Å². The third-order valence-corrected chi connectivity index (χ3v) is 6.49. The molecule has 0 saturated heterocycles. The molecule has 0 bridgehead atoms. The monoisotopic (exact) mass is 414 g/mol. The summed E-state index contributed by atoms with van der Waals surface area (Å²) < 4.78 is 0. The first kappa shape index (κ1) is 23.6. The highest BCUT2D eigenvalue weighted by atomic mass is 35.5. The van der Waals surface area contributed by atoms with Crippen molar-refractivity contribution >= 4 is 23.0 Å². The first-order chi connectivity index (χ1) is 13.4. The smallest absolute Gasteiger partial charge is 0.0496 e. The Morgan fingerprint density at radius 1 is 0.690 bits per heavy atom. The van der Waals surface area contributed by atoms with E-state index in [9.17, 15) is 0 Å². The van der Waals surface area contributed by atoms with Gasteiger partial charge in [0, 0.05) is 16.4 Å². The number of hydrogen-bond donors (Lipinski definition) is 2. The normalized spacial score (nSPS) is 12.1. The molecule has 2 nitrogen and oxygen atoms in total. The minimum atomic E-state index is 0.282. The fourth-order valence-electron chi connectivity index (χ4n) is 4.46. The van der Waals surface area contributed by atoms with Crippen LogP contribution in [0.1, 0.15) is 118 Å². The van der Waals surface area contributed by atoms with Crippen LogP contribution in [0.5, 0.6) is 0 Å². The van der Waals surface area contributed by atoms with Gasteiger partial charge in [-0.1, -0.05) is 79.1 Å². The van der Waals surface area contributed by atoms with Crippen molar-refractivity contribution in [1.82, 2.24) is 0 Å². The van der Waals surface area contributed by atoms with Crippen molar-refractivity contribution in [2.24, 2.45) is 0 Å². The van der Waals surface area contributed by atoms with Gasteiger partial charge in [-0.05, 0) is 76.0 Å². The second-order valence-electron chi connectivity index (χ2n) is 9.64. The van der Waals surface area contributed by atoms with Crippen LogP contribution in [0.2, 0.25) is 5.02 Å². The van der Waals surface area contributed by atoms with Crippen LogP contribution >= 0.6 is 11.6 Å². The summed E-state index contributed by atoms with van der Waals surface area (Å²) in [4.78, 5) is 0.